The minimum absolute atomic E-state index is 0.0416. The Bertz CT molecular complexity index is 987. The van der Waals surface area contributed by atoms with Crippen molar-refractivity contribution in [2.75, 3.05) is 0 Å². The van der Waals surface area contributed by atoms with Crippen LogP contribution in [-0.4, -0.2) is 5.97 Å². The van der Waals surface area contributed by atoms with Gasteiger partial charge in [-0.1, -0.05) is 40.2 Å². The molecule has 0 N–H and O–H groups in total. The molecule has 0 saturated heterocycles. The number of rotatable bonds is 4. The van der Waals surface area contributed by atoms with Crippen LogP contribution in [0.2, 0.25) is 0 Å². The number of carbonyl (C=O) groups is 1. The lowest BCUT2D eigenvalue weighted by atomic mass is 10.0. The van der Waals surface area contributed by atoms with E-state index < -0.39 is 5.63 Å². The Labute approximate surface area is 153 Å². The predicted octanol–water partition coefficient (Wildman–Crippen LogP) is 4.46. The van der Waals surface area contributed by atoms with E-state index in [0.717, 1.165) is 26.5 Å². The number of ether oxygens (including phenoxy) is 1. The van der Waals surface area contributed by atoms with Gasteiger partial charge in [-0.3, -0.25) is 4.79 Å². The maximum Gasteiger partial charge on any atom is 0.336 e. The lowest BCUT2D eigenvalue weighted by molar-refractivity contribution is -0.144. The third-order valence-electron chi connectivity index (χ3n) is 4.17. The Hall–Kier alpha value is -2.40. The van der Waals surface area contributed by atoms with Crippen molar-refractivity contribution in [3.63, 3.8) is 0 Å². The molecular weight excluding hydrogens is 384 g/mol. The van der Waals surface area contributed by atoms with Crippen LogP contribution < -0.4 is 5.63 Å². The van der Waals surface area contributed by atoms with Crippen molar-refractivity contribution in [3.05, 3.63) is 79.6 Å². The summed E-state index contributed by atoms with van der Waals surface area (Å²) in [7, 11) is 0. The Morgan fingerprint density at radius 1 is 1.12 bits per heavy atom. The number of aryl methyl sites for hydroxylation is 2. The van der Waals surface area contributed by atoms with Crippen molar-refractivity contribution >= 4 is 32.9 Å². The molecule has 0 radical (unpaired) electrons. The minimum Gasteiger partial charge on any atom is -0.461 e. The van der Waals surface area contributed by atoms with Crippen LogP contribution in [0.4, 0.5) is 0 Å². The molecule has 0 unspecified atom stereocenters. The van der Waals surface area contributed by atoms with E-state index in [0.29, 0.717) is 11.1 Å². The fraction of sp³-hybridized carbons (Fsp3) is 0.200. The summed E-state index contributed by atoms with van der Waals surface area (Å²) in [5.74, 6) is -0.340. The highest BCUT2D eigenvalue weighted by atomic mass is 79.9. The zero-order valence-corrected chi connectivity index (χ0v) is 15.6. The minimum atomic E-state index is -0.444. The zero-order chi connectivity index (χ0) is 18.0. The molecule has 3 rings (SSSR count). The van der Waals surface area contributed by atoms with Crippen LogP contribution in [0.3, 0.4) is 0 Å². The van der Waals surface area contributed by atoms with E-state index in [4.69, 9.17) is 9.15 Å². The zero-order valence-electron chi connectivity index (χ0n) is 14.0. The first-order chi connectivity index (χ1) is 11.9. The van der Waals surface area contributed by atoms with Crippen LogP contribution in [0.15, 0.2) is 56.1 Å². The first-order valence-corrected chi connectivity index (χ1v) is 8.66. The summed E-state index contributed by atoms with van der Waals surface area (Å²) in [4.78, 5) is 23.9. The van der Waals surface area contributed by atoms with Crippen LogP contribution in [-0.2, 0) is 22.6 Å². The van der Waals surface area contributed by atoms with Crippen LogP contribution in [0.5, 0.6) is 0 Å². The monoisotopic (exact) mass is 400 g/mol. The van der Waals surface area contributed by atoms with E-state index in [1.807, 2.05) is 50.2 Å². The molecule has 128 valence electrons. The maximum atomic E-state index is 12.1. The van der Waals surface area contributed by atoms with Crippen LogP contribution >= 0.6 is 15.9 Å². The van der Waals surface area contributed by atoms with Crippen molar-refractivity contribution in [2.24, 2.45) is 0 Å². The molecule has 0 spiro atoms. The van der Waals surface area contributed by atoms with Crippen molar-refractivity contribution in [1.82, 2.24) is 0 Å². The molecule has 0 aliphatic rings. The first-order valence-electron chi connectivity index (χ1n) is 7.87. The van der Waals surface area contributed by atoms with E-state index >= 15 is 0 Å². The van der Waals surface area contributed by atoms with Gasteiger partial charge in [-0.2, -0.15) is 0 Å². The summed E-state index contributed by atoms with van der Waals surface area (Å²) in [5.41, 5.74) is 3.58. The quantitative estimate of drug-likeness (QED) is 0.479. The summed E-state index contributed by atoms with van der Waals surface area (Å²) in [6.07, 6.45) is 0.185. The number of benzene rings is 2. The smallest absolute Gasteiger partial charge is 0.336 e. The molecule has 0 fully saturated rings. The normalized spacial score (nSPS) is 10.8. The molecule has 0 atom stereocenters. The van der Waals surface area contributed by atoms with Gasteiger partial charge in [0.2, 0.25) is 0 Å². The van der Waals surface area contributed by atoms with Gasteiger partial charge in [0, 0.05) is 21.5 Å². The van der Waals surface area contributed by atoms with Crippen molar-refractivity contribution < 1.29 is 13.9 Å². The highest BCUT2D eigenvalue weighted by Gasteiger charge is 2.12. The second-order valence-corrected chi connectivity index (χ2v) is 6.85. The van der Waals surface area contributed by atoms with E-state index in [1.165, 1.54) is 6.07 Å². The molecule has 2 aromatic carbocycles. The number of carbonyl (C=O) groups excluding carboxylic acids is 1. The highest BCUT2D eigenvalue weighted by molar-refractivity contribution is 9.10. The molecule has 0 aliphatic carbocycles. The Morgan fingerprint density at radius 2 is 1.84 bits per heavy atom. The molecule has 1 heterocycles. The maximum absolute atomic E-state index is 12.1. The lowest BCUT2D eigenvalue weighted by Gasteiger charge is -2.10. The van der Waals surface area contributed by atoms with Gasteiger partial charge in [-0.15, -0.1) is 0 Å². The lowest BCUT2D eigenvalue weighted by Crippen LogP contribution is -2.10. The SMILES string of the molecule is Cc1ccc2c(COC(=O)Cc3ccc(Br)cc3)cc(=O)oc2c1C. The number of esters is 1. The van der Waals surface area contributed by atoms with Gasteiger partial charge in [0.05, 0.1) is 6.42 Å². The van der Waals surface area contributed by atoms with E-state index in [1.54, 1.807) is 0 Å². The summed E-state index contributed by atoms with van der Waals surface area (Å²) in [6, 6.07) is 12.7. The summed E-state index contributed by atoms with van der Waals surface area (Å²) in [6.45, 7) is 3.91. The molecule has 25 heavy (non-hydrogen) atoms. The first kappa shape index (κ1) is 17.4. The summed E-state index contributed by atoms with van der Waals surface area (Å²) < 4.78 is 11.6. The second kappa shape index (κ2) is 7.23. The highest BCUT2D eigenvalue weighted by Crippen LogP contribution is 2.23. The number of halogens is 1. The fourth-order valence-corrected chi connectivity index (χ4v) is 2.89. The molecule has 0 aliphatic heterocycles. The second-order valence-electron chi connectivity index (χ2n) is 5.94. The average molecular weight is 401 g/mol. The van der Waals surface area contributed by atoms with Crippen LogP contribution in [0.1, 0.15) is 22.3 Å². The van der Waals surface area contributed by atoms with Crippen molar-refractivity contribution in [2.45, 2.75) is 26.9 Å². The van der Waals surface area contributed by atoms with Crippen molar-refractivity contribution in [1.29, 1.82) is 0 Å². The molecule has 0 bridgehead atoms. The average Bonchev–Trinajstić information content (AvgIpc) is 2.58. The van der Waals surface area contributed by atoms with E-state index in [-0.39, 0.29) is 19.0 Å². The summed E-state index contributed by atoms with van der Waals surface area (Å²) in [5, 5.41) is 0.791. The number of fused-ring (bicyclic) bond motifs is 1. The van der Waals surface area contributed by atoms with Gasteiger partial charge in [0.15, 0.2) is 0 Å². The van der Waals surface area contributed by atoms with Crippen molar-refractivity contribution in [3.8, 4) is 0 Å². The van der Waals surface area contributed by atoms with Crippen LogP contribution in [0.25, 0.3) is 11.0 Å². The summed E-state index contributed by atoms with van der Waals surface area (Å²) >= 11 is 3.36. The van der Waals surface area contributed by atoms with Gasteiger partial charge < -0.3 is 9.15 Å². The van der Waals surface area contributed by atoms with Gasteiger partial charge in [0.1, 0.15) is 12.2 Å². The molecule has 3 aromatic rings. The number of hydrogen-bond donors (Lipinski definition) is 0. The van der Waals surface area contributed by atoms with E-state index in [9.17, 15) is 9.59 Å². The Morgan fingerprint density at radius 3 is 2.56 bits per heavy atom. The third kappa shape index (κ3) is 3.99. The number of hydrogen-bond acceptors (Lipinski definition) is 4. The molecule has 0 saturated carbocycles. The molecule has 4 nitrogen and oxygen atoms in total. The topological polar surface area (TPSA) is 56.5 Å². The Balaban J connectivity index is 1.79. The molecule has 1 aromatic heterocycles. The predicted molar refractivity (Wildman–Crippen MR) is 99.6 cm³/mol. The largest absolute Gasteiger partial charge is 0.461 e. The van der Waals surface area contributed by atoms with Gasteiger partial charge in [-0.25, -0.2) is 4.79 Å². The molecule has 0 amide bonds. The van der Waals surface area contributed by atoms with Gasteiger partial charge >= 0.3 is 11.6 Å². The van der Waals surface area contributed by atoms with Gasteiger partial charge in [0.25, 0.3) is 0 Å². The van der Waals surface area contributed by atoms with Gasteiger partial charge in [-0.05, 0) is 42.7 Å². The third-order valence-corrected chi connectivity index (χ3v) is 4.70. The standard InChI is InChI=1S/C20H17BrO4/c1-12-3-8-17-15(10-19(23)25-20(17)13(12)2)11-24-18(22)9-14-4-6-16(21)7-5-14/h3-8,10H,9,11H2,1-2H3. The molecular formula is C20H17BrO4. The molecule has 5 heteroatoms. The Kier molecular flexibility index (Phi) is 5.04. The van der Waals surface area contributed by atoms with Crippen LogP contribution in [0, 0.1) is 13.8 Å². The fourth-order valence-electron chi connectivity index (χ4n) is 2.62. The van der Waals surface area contributed by atoms with E-state index in [2.05, 4.69) is 15.9 Å².